The van der Waals surface area contributed by atoms with Gasteiger partial charge in [-0.2, -0.15) is 0 Å². The van der Waals surface area contributed by atoms with E-state index in [2.05, 4.69) is 20.5 Å². The summed E-state index contributed by atoms with van der Waals surface area (Å²) < 4.78 is 16.3. The van der Waals surface area contributed by atoms with Crippen molar-refractivity contribution in [3.05, 3.63) is 34.3 Å². The molecule has 0 aliphatic rings. The molecule has 2 heterocycles. The fraction of sp³-hybridized carbons (Fsp3) is 0.267. The molecule has 0 bridgehead atoms. The number of rotatable bonds is 6. The number of para-hydroxylation sites is 1. The summed E-state index contributed by atoms with van der Waals surface area (Å²) in [6, 6.07) is 5.81. The predicted molar refractivity (Wildman–Crippen MR) is 87.0 cm³/mol. The van der Waals surface area contributed by atoms with E-state index in [9.17, 15) is 0 Å². The van der Waals surface area contributed by atoms with Crippen molar-refractivity contribution in [3.8, 4) is 23.0 Å². The van der Waals surface area contributed by atoms with E-state index in [0.717, 1.165) is 10.7 Å². The smallest absolute Gasteiger partial charge is 0.316 e. The Labute approximate surface area is 137 Å². The number of thiazole rings is 1. The normalized spacial score (nSPS) is 10.6. The highest BCUT2D eigenvalue weighted by atomic mass is 32.1. The molecule has 2 aromatic heterocycles. The second-order valence-electron chi connectivity index (χ2n) is 4.66. The van der Waals surface area contributed by atoms with Crippen molar-refractivity contribution < 1.29 is 13.9 Å². The molecular formula is C15H16N4O3S. The lowest BCUT2D eigenvalue weighted by Crippen LogP contribution is -1.99. The summed E-state index contributed by atoms with van der Waals surface area (Å²) in [7, 11) is 3.15. The highest BCUT2D eigenvalue weighted by Gasteiger charge is 2.17. The molecule has 0 fully saturated rings. The van der Waals surface area contributed by atoms with Gasteiger partial charge in [0.1, 0.15) is 0 Å². The zero-order valence-corrected chi connectivity index (χ0v) is 13.8. The quantitative estimate of drug-likeness (QED) is 0.742. The molecule has 8 heteroatoms. The number of nitrogens with zero attached hydrogens (tertiary/aromatic N) is 3. The Morgan fingerprint density at radius 3 is 2.78 bits per heavy atom. The molecule has 1 aromatic carbocycles. The van der Waals surface area contributed by atoms with E-state index in [4.69, 9.17) is 13.9 Å². The number of aromatic nitrogens is 3. The Balaban J connectivity index is 1.79. The van der Waals surface area contributed by atoms with Crippen molar-refractivity contribution in [2.24, 2.45) is 0 Å². The van der Waals surface area contributed by atoms with Crippen LogP contribution in [0.2, 0.25) is 0 Å². The molecule has 0 saturated carbocycles. The van der Waals surface area contributed by atoms with Crippen molar-refractivity contribution >= 4 is 17.4 Å². The van der Waals surface area contributed by atoms with Gasteiger partial charge in [-0.3, -0.25) is 0 Å². The molecule has 0 radical (unpaired) electrons. The minimum Gasteiger partial charge on any atom is -0.493 e. The van der Waals surface area contributed by atoms with Crippen molar-refractivity contribution in [1.29, 1.82) is 0 Å². The molecule has 7 nitrogen and oxygen atoms in total. The number of aryl methyl sites for hydroxylation is 1. The first-order valence-electron chi connectivity index (χ1n) is 6.91. The standard InChI is InChI=1S/C15H16N4O3S/c1-9-17-10(8-23-9)7-16-15-19-18-14(22-15)11-5-4-6-12(20-2)13(11)21-3/h4-6,8H,7H2,1-3H3,(H,16,19). The van der Waals surface area contributed by atoms with Crippen LogP contribution in [0.15, 0.2) is 28.0 Å². The molecule has 3 rings (SSSR count). The second kappa shape index (κ2) is 6.66. The lowest BCUT2D eigenvalue weighted by Gasteiger charge is -2.09. The van der Waals surface area contributed by atoms with Gasteiger partial charge in [-0.1, -0.05) is 11.2 Å². The Kier molecular flexibility index (Phi) is 4.42. The van der Waals surface area contributed by atoms with E-state index in [1.807, 2.05) is 30.5 Å². The summed E-state index contributed by atoms with van der Waals surface area (Å²) in [5, 5.41) is 14.1. The minimum atomic E-state index is 0.329. The molecular weight excluding hydrogens is 316 g/mol. The Bertz CT molecular complexity index is 800. The van der Waals surface area contributed by atoms with Gasteiger partial charge in [-0.05, 0) is 19.1 Å². The van der Waals surface area contributed by atoms with Crippen LogP contribution in [-0.4, -0.2) is 29.4 Å². The SMILES string of the molecule is COc1cccc(-c2nnc(NCc3csc(C)n3)o2)c1OC. The van der Waals surface area contributed by atoms with E-state index >= 15 is 0 Å². The van der Waals surface area contributed by atoms with Crippen molar-refractivity contribution in [3.63, 3.8) is 0 Å². The average molecular weight is 332 g/mol. The van der Waals surface area contributed by atoms with Gasteiger partial charge in [0.05, 0.1) is 37.0 Å². The zero-order valence-electron chi connectivity index (χ0n) is 13.0. The molecule has 120 valence electrons. The van der Waals surface area contributed by atoms with Gasteiger partial charge in [0.15, 0.2) is 11.5 Å². The predicted octanol–water partition coefficient (Wildman–Crippen LogP) is 3.13. The van der Waals surface area contributed by atoms with Crippen LogP contribution in [0.3, 0.4) is 0 Å². The molecule has 3 aromatic rings. The average Bonchev–Trinajstić information content (AvgIpc) is 3.20. The largest absolute Gasteiger partial charge is 0.493 e. The van der Waals surface area contributed by atoms with Crippen LogP contribution < -0.4 is 14.8 Å². The van der Waals surface area contributed by atoms with Crippen LogP contribution in [0.25, 0.3) is 11.5 Å². The molecule has 0 aliphatic heterocycles. The fourth-order valence-electron chi connectivity index (χ4n) is 2.11. The van der Waals surface area contributed by atoms with Gasteiger partial charge >= 0.3 is 6.01 Å². The highest BCUT2D eigenvalue weighted by molar-refractivity contribution is 7.09. The minimum absolute atomic E-state index is 0.329. The maximum atomic E-state index is 5.65. The first kappa shape index (κ1) is 15.3. The highest BCUT2D eigenvalue weighted by Crippen LogP contribution is 2.37. The van der Waals surface area contributed by atoms with Crippen molar-refractivity contribution in [2.75, 3.05) is 19.5 Å². The number of hydrogen-bond acceptors (Lipinski definition) is 8. The summed E-state index contributed by atoms with van der Waals surface area (Å²) in [5.41, 5.74) is 1.61. The van der Waals surface area contributed by atoms with E-state index in [-0.39, 0.29) is 0 Å². The van der Waals surface area contributed by atoms with Crippen LogP contribution in [0.5, 0.6) is 11.5 Å². The maximum absolute atomic E-state index is 5.65. The maximum Gasteiger partial charge on any atom is 0.316 e. The van der Waals surface area contributed by atoms with E-state index in [1.54, 1.807) is 25.6 Å². The third kappa shape index (κ3) is 3.26. The Morgan fingerprint density at radius 1 is 1.22 bits per heavy atom. The number of anilines is 1. The molecule has 23 heavy (non-hydrogen) atoms. The lowest BCUT2D eigenvalue weighted by atomic mass is 10.2. The monoisotopic (exact) mass is 332 g/mol. The van der Waals surface area contributed by atoms with Crippen LogP contribution in [0.1, 0.15) is 10.7 Å². The number of methoxy groups -OCH3 is 2. The third-order valence-corrected chi connectivity index (χ3v) is 3.97. The van der Waals surface area contributed by atoms with E-state index in [1.165, 1.54) is 0 Å². The van der Waals surface area contributed by atoms with Gasteiger partial charge in [0.25, 0.3) is 5.89 Å². The third-order valence-electron chi connectivity index (χ3n) is 3.15. The van der Waals surface area contributed by atoms with Gasteiger partial charge in [0.2, 0.25) is 0 Å². The van der Waals surface area contributed by atoms with E-state index in [0.29, 0.717) is 35.5 Å². The molecule has 0 saturated heterocycles. The summed E-state index contributed by atoms with van der Waals surface area (Å²) >= 11 is 1.60. The first-order chi connectivity index (χ1) is 11.2. The topological polar surface area (TPSA) is 82.3 Å². The van der Waals surface area contributed by atoms with Crippen LogP contribution in [0, 0.1) is 6.92 Å². The number of hydrogen-bond donors (Lipinski definition) is 1. The summed E-state index contributed by atoms with van der Waals surface area (Å²) in [5.74, 6) is 1.52. The molecule has 0 amide bonds. The van der Waals surface area contributed by atoms with Crippen molar-refractivity contribution in [2.45, 2.75) is 13.5 Å². The molecule has 0 unspecified atom stereocenters. The Hall–Kier alpha value is -2.61. The van der Waals surface area contributed by atoms with E-state index < -0.39 is 0 Å². The molecule has 0 atom stereocenters. The lowest BCUT2D eigenvalue weighted by molar-refractivity contribution is 0.355. The van der Waals surface area contributed by atoms with Crippen LogP contribution in [-0.2, 0) is 6.54 Å². The summed E-state index contributed by atoms with van der Waals surface area (Å²) in [4.78, 5) is 4.37. The van der Waals surface area contributed by atoms with Gasteiger partial charge in [0, 0.05) is 5.38 Å². The Morgan fingerprint density at radius 2 is 2.09 bits per heavy atom. The van der Waals surface area contributed by atoms with Gasteiger partial charge in [-0.25, -0.2) is 4.98 Å². The van der Waals surface area contributed by atoms with Crippen LogP contribution in [0.4, 0.5) is 6.01 Å². The summed E-state index contributed by atoms with van der Waals surface area (Å²) in [6.45, 7) is 2.50. The van der Waals surface area contributed by atoms with Gasteiger partial charge < -0.3 is 19.2 Å². The number of benzene rings is 1. The molecule has 0 spiro atoms. The fourth-order valence-corrected chi connectivity index (χ4v) is 2.73. The number of ether oxygens (including phenoxy) is 2. The van der Waals surface area contributed by atoms with Gasteiger partial charge in [-0.15, -0.1) is 16.4 Å². The summed E-state index contributed by atoms with van der Waals surface area (Å²) in [6.07, 6.45) is 0. The second-order valence-corrected chi connectivity index (χ2v) is 5.73. The van der Waals surface area contributed by atoms with Crippen molar-refractivity contribution in [1.82, 2.24) is 15.2 Å². The molecule has 0 aliphatic carbocycles. The molecule has 1 N–H and O–H groups in total. The number of nitrogens with one attached hydrogen (secondary N) is 1. The zero-order chi connectivity index (χ0) is 16.2. The van der Waals surface area contributed by atoms with Crippen LogP contribution >= 0.6 is 11.3 Å². The first-order valence-corrected chi connectivity index (χ1v) is 7.79.